The molecule has 9 heteroatoms. The molecule has 0 aliphatic carbocycles. The normalized spacial score (nSPS) is 29.1. The fourth-order valence-corrected chi connectivity index (χ4v) is 6.23. The Morgan fingerprint density at radius 3 is 2.90 bits per heavy atom. The van der Waals surface area contributed by atoms with Crippen molar-refractivity contribution >= 4 is 34.8 Å². The molecule has 3 aliphatic heterocycles. The molecule has 3 fully saturated rings. The summed E-state index contributed by atoms with van der Waals surface area (Å²) in [6.45, 7) is 2.14. The van der Waals surface area contributed by atoms with E-state index in [1.165, 1.54) is 16.2 Å². The van der Waals surface area contributed by atoms with Crippen LogP contribution in [0.3, 0.4) is 0 Å². The quantitative estimate of drug-likeness (QED) is 0.556. The second kappa shape index (κ2) is 7.50. The van der Waals surface area contributed by atoms with Crippen LogP contribution in [-0.4, -0.2) is 59.5 Å². The molecule has 0 bridgehead atoms. The van der Waals surface area contributed by atoms with Gasteiger partial charge in [-0.25, -0.2) is 0 Å². The lowest BCUT2D eigenvalue weighted by atomic mass is 9.86. The largest absolute Gasteiger partial charge is 0.355 e. The molecule has 2 aromatic rings. The van der Waals surface area contributed by atoms with Crippen molar-refractivity contribution in [2.45, 2.75) is 31.3 Å². The first-order chi connectivity index (χ1) is 14.1. The Bertz CT molecular complexity index is 944. The van der Waals surface area contributed by atoms with E-state index in [4.69, 9.17) is 16.1 Å². The lowest BCUT2D eigenvalue weighted by Crippen LogP contribution is -2.40. The number of halogens is 1. The highest BCUT2D eigenvalue weighted by Crippen LogP contribution is 2.53. The molecule has 3 saturated heterocycles. The third-order valence-electron chi connectivity index (χ3n) is 6.40. The van der Waals surface area contributed by atoms with Crippen LogP contribution in [0.4, 0.5) is 0 Å². The molecule has 1 N–H and O–H groups in total. The Morgan fingerprint density at radius 2 is 2.14 bits per heavy atom. The van der Waals surface area contributed by atoms with Crippen LogP contribution >= 0.6 is 22.9 Å². The van der Waals surface area contributed by atoms with Crippen molar-refractivity contribution in [2.24, 2.45) is 11.8 Å². The van der Waals surface area contributed by atoms with Gasteiger partial charge in [0, 0.05) is 18.7 Å². The van der Waals surface area contributed by atoms with Gasteiger partial charge in [0.15, 0.2) is 5.76 Å². The van der Waals surface area contributed by atoms with Crippen LogP contribution in [-0.2, 0) is 9.59 Å². The number of fused-ring (bicyclic) bond motifs is 3. The summed E-state index contributed by atoms with van der Waals surface area (Å²) in [5.74, 6) is -0.0459. The van der Waals surface area contributed by atoms with Crippen molar-refractivity contribution in [2.75, 3.05) is 26.7 Å². The molecule has 2 aromatic heterocycles. The highest BCUT2D eigenvalue weighted by Gasteiger charge is 2.63. The minimum absolute atomic E-state index is 0.00994. The number of amides is 2. The minimum atomic E-state index is -0.368. The molecule has 0 radical (unpaired) electrons. The number of thiophene rings is 1. The number of hydrogen-bond donors (Lipinski definition) is 1. The van der Waals surface area contributed by atoms with Crippen molar-refractivity contribution in [3.05, 3.63) is 28.2 Å². The van der Waals surface area contributed by atoms with E-state index in [2.05, 4.69) is 15.4 Å². The van der Waals surface area contributed by atoms with Gasteiger partial charge in [-0.1, -0.05) is 16.8 Å². The first kappa shape index (κ1) is 19.2. The topological polar surface area (TPSA) is 78.7 Å². The molecule has 3 aliphatic rings. The van der Waals surface area contributed by atoms with E-state index >= 15 is 0 Å². The molecule has 4 atom stereocenters. The molecule has 7 nitrogen and oxygen atoms in total. The molecule has 2 amide bonds. The fourth-order valence-electron chi connectivity index (χ4n) is 5.24. The van der Waals surface area contributed by atoms with E-state index in [-0.39, 0.29) is 35.7 Å². The number of rotatable bonds is 6. The highest BCUT2D eigenvalue weighted by molar-refractivity contribution is 7.19. The third kappa shape index (κ3) is 3.04. The Labute approximate surface area is 178 Å². The smallest absolute Gasteiger partial charge is 0.235 e. The third-order valence-corrected chi connectivity index (χ3v) is 7.65. The standard InChI is InChI=1S/C20H23ClN4O3S/c1-22-7-3-9-25-19(26)16-12-4-2-8-24(12)18(17(16)20(25)27)11-10-13(28-23-11)14-5-6-15(21)29-14/h5-6,10,12,16-18,22H,2-4,7-9H2,1H3/t12-,16-,17-,18-/m0/s1. The van der Waals surface area contributed by atoms with E-state index in [0.29, 0.717) is 16.6 Å². The van der Waals surface area contributed by atoms with Gasteiger partial charge in [-0.3, -0.25) is 19.4 Å². The summed E-state index contributed by atoms with van der Waals surface area (Å²) in [6.07, 6.45) is 2.75. The molecule has 0 unspecified atom stereocenters. The van der Waals surface area contributed by atoms with Crippen molar-refractivity contribution in [3.8, 4) is 10.6 Å². The number of nitrogens with zero attached hydrogens (tertiary/aromatic N) is 3. The van der Waals surface area contributed by atoms with Gasteiger partial charge >= 0.3 is 0 Å². The molecular formula is C20H23ClN4O3S. The SMILES string of the molecule is CNCCCN1C(=O)[C@@H]2[C@H](C1=O)[C@H](c1cc(-c3ccc(Cl)s3)on1)N1CCC[C@@H]21. The average molecular weight is 435 g/mol. The number of hydrogen-bond acceptors (Lipinski definition) is 7. The van der Waals surface area contributed by atoms with Gasteiger partial charge in [0.1, 0.15) is 5.69 Å². The average Bonchev–Trinajstić information content (AvgIpc) is 3.48. The Morgan fingerprint density at radius 1 is 1.31 bits per heavy atom. The first-order valence-corrected chi connectivity index (χ1v) is 11.3. The lowest BCUT2D eigenvalue weighted by Gasteiger charge is -2.27. The van der Waals surface area contributed by atoms with Crippen molar-refractivity contribution in [1.29, 1.82) is 0 Å². The Kier molecular flexibility index (Phi) is 4.98. The highest BCUT2D eigenvalue weighted by atomic mass is 35.5. The van der Waals surface area contributed by atoms with Crippen LogP contribution in [0.15, 0.2) is 22.7 Å². The van der Waals surface area contributed by atoms with E-state index < -0.39 is 0 Å². The molecular weight excluding hydrogens is 412 g/mol. The van der Waals surface area contributed by atoms with Crippen molar-refractivity contribution < 1.29 is 14.1 Å². The summed E-state index contributed by atoms with van der Waals surface area (Å²) < 4.78 is 6.29. The van der Waals surface area contributed by atoms with E-state index in [0.717, 1.165) is 42.9 Å². The molecule has 0 saturated carbocycles. The summed E-state index contributed by atoms with van der Waals surface area (Å²) in [4.78, 5) is 31.1. The van der Waals surface area contributed by atoms with Crippen LogP contribution in [0.25, 0.3) is 10.6 Å². The summed E-state index contributed by atoms with van der Waals surface area (Å²) in [5, 5.41) is 7.39. The van der Waals surface area contributed by atoms with Crippen molar-refractivity contribution in [3.63, 3.8) is 0 Å². The molecule has 154 valence electrons. The summed E-state index contributed by atoms with van der Waals surface area (Å²) in [5.41, 5.74) is 0.738. The van der Waals surface area contributed by atoms with Gasteiger partial charge in [0.05, 0.1) is 27.1 Å². The van der Waals surface area contributed by atoms with Crippen LogP contribution in [0.5, 0.6) is 0 Å². The summed E-state index contributed by atoms with van der Waals surface area (Å²) in [7, 11) is 1.87. The number of carbonyl (C=O) groups excluding carboxylic acids is 2. The number of aromatic nitrogens is 1. The van der Waals surface area contributed by atoms with Gasteiger partial charge < -0.3 is 9.84 Å². The number of likely N-dealkylation sites (tertiary alicyclic amines) is 1. The molecule has 5 rings (SSSR count). The molecule has 0 spiro atoms. The van der Waals surface area contributed by atoms with Crippen LogP contribution in [0.1, 0.15) is 31.0 Å². The molecule has 5 heterocycles. The molecule has 29 heavy (non-hydrogen) atoms. The maximum absolute atomic E-state index is 13.3. The van der Waals surface area contributed by atoms with Gasteiger partial charge in [-0.15, -0.1) is 11.3 Å². The summed E-state index contributed by atoms with van der Waals surface area (Å²) >= 11 is 7.48. The van der Waals surface area contributed by atoms with Crippen LogP contribution in [0, 0.1) is 11.8 Å². The van der Waals surface area contributed by atoms with Gasteiger partial charge in [0.25, 0.3) is 0 Å². The molecule has 0 aromatic carbocycles. The van der Waals surface area contributed by atoms with Crippen LogP contribution in [0.2, 0.25) is 4.34 Å². The minimum Gasteiger partial charge on any atom is -0.355 e. The predicted octanol–water partition coefficient (Wildman–Crippen LogP) is 2.79. The van der Waals surface area contributed by atoms with Crippen molar-refractivity contribution in [1.82, 2.24) is 20.3 Å². The van der Waals surface area contributed by atoms with E-state index in [1.807, 2.05) is 25.2 Å². The van der Waals surface area contributed by atoms with Crippen LogP contribution < -0.4 is 5.32 Å². The zero-order valence-electron chi connectivity index (χ0n) is 16.1. The monoisotopic (exact) mass is 434 g/mol. The van der Waals surface area contributed by atoms with E-state index in [9.17, 15) is 9.59 Å². The van der Waals surface area contributed by atoms with Gasteiger partial charge in [0.2, 0.25) is 11.8 Å². The van der Waals surface area contributed by atoms with E-state index in [1.54, 1.807) is 0 Å². The van der Waals surface area contributed by atoms with Gasteiger partial charge in [-0.05, 0) is 51.5 Å². The zero-order chi connectivity index (χ0) is 20.1. The predicted molar refractivity (Wildman–Crippen MR) is 110 cm³/mol. The number of nitrogens with one attached hydrogen (secondary N) is 1. The summed E-state index contributed by atoms with van der Waals surface area (Å²) in [6, 6.07) is 5.56. The second-order valence-corrected chi connectivity index (χ2v) is 9.66. The first-order valence-electron chi connectivity index (χ1n) is 10.1. The lowest BCUT2D eigenvalue weighted by molar-refractivity contribution is -0.141. The zero-order valence-corrected chi connectivity index (χ0v) is 17.7. The number of carbonyl (C=O) groups is 2. The maximum Gasteiger partial charge on any atom is 0.235 e. The Hall–Kier alpha value is -1.74. The number of imide groups is 1. The second-order valence-electron chi connectivity index (χ2n) is 7.95. The fraction of sp³-hybridized carbons (Fsp3) is 0.550. The Balaban J connectivity index is 1.46. The van der Waals surface area contributed by atoms with Gasteiger partial charge in [-0.2, -0.15) is 0 Å². The maximum atomic E-state index is 13.3.